The van der Waals surface area contributed by atoms with Gasteiger partial charge in [-0.3, -0.25) is 4.90 Å². The number of para-hydroxylation sites is 2. The molecule has 4 atom stereocenters. The van der Waals surface area contributed by atoms with Crippen molar-refractivity contribution in [3.05, 3.63) is 77.9 Å². The molecule has 1 aromatic heterocycles. The minimum atomic E-state index is 0.309. The summed E-state index contributed by atoms with van der Waals surface area (Å²) in [5.74, 6) is 1.36. The first kappa shape index (κ1) is 18.2. The van der Waals surface area contributed by atoms with Gasteiger partial charge < -0.3 is 4.57 Å². The van der Waals surface area contributed by atoms with E-state index in [0.29, 0.717) is 17.5 Å². The molecule has 6 rings (SSSR count). The van der Waals surface area contributed by atoms with E-state index in [9.17, 15) is 0 Å². The molecule has 2 fully saturated rings. The number of rotatable bonds is 2. The van der Waals surface area contributed by atoms with Crippen LogP contribution in [-0.4, -0.2) is 27.6 Å². The number of fused-ring (bicyclic) bond motifs is 5. The van der Waals surface area contributed by atoms with Crippen LogP contribution in [0.5, 0.6) is 0 Å². The van der Waals surface area contributed by atoms with Crippen LogP contribution in [0.1, 0.15) is 44.2 Å². The number of aromatic nitrogens is 1. The molecule has 0 spiro atoms. The van der Waals surface area contributed by atoms with Crippen molar-refractivity contribution in [3.8, 4) is 5.69 Å². The van der Waals surface area contributed by atoms with E-state index in [0.717, 1.165) is 5.92 Å². The van der Waals surface area contributed by atoms with Gasteiger partial charge in [0.05, 0.1) is 11.0 Å². The normalized spacial score (nSPS) is 27.3. The van der Waals surface area contributed by atoms with Crippen LogP contribution in [0, 0.1) is 12.8 Å². The zero-order valence-electron chi connectivity index (χ0n) is 18.4. The molecule has 2 saturated heterocycles. The van der Waals surface area contributed by atoms with Gasteiger partial charge in [-0.15, -0.1) is 0 Å². The molecule has 2 aliphatic heterocycles. The summed E-state index contributed by atoms with van der Waals surface area (Å²) < 4.78 is 2.43. The topological polar surface area (TPSA) is 8.17 Å². The number of piperidine rings is 1. The largest absolute Gasteiger partial charge is 0.309 e. The van der Waals surface area contributed by atoms with Gasteiger partial charge in [0.15, 0.2) is 0 Å². The van der Waals surface area contributed by atoms with Crippen LogP contribution in [0.3, 0.4) is 0 Å². The fraction of sp³-hybridized carbons (Fsp3) is 0.357. The number of hydrogen-bond acceptors (Lipinski definition) is 1. The van der Waals surface area contributed by atoms with Gasteiger partial charge in [0.25, 0.3) is 0 Å². The van der Waals surface area contributed by atoms with Crippen molar-refractivity contribution >= 4 is 21.8 Å². The molecule has 0 amide bonds. The molecule has 30 heavy (non-hydrogen) atoms. The molecule has 4 unspecified atom stereocenters. The second-order valence-corrected chi connectivity index (χ2v) is 9.92. The van der Waals surface area contributed by atoms with Crippen molar-refractivity contribution in [2.24, 2.45) is 5.92 Å². The first-order valence-corrected chi connectivity index (χ1v) is 11.3. The summed E-state index contributed by atoms with van der Waals surface area (Å²) >= 11 is 0. The van der Waals surface area contributed by atoms with E-state index >= 15 is 0 Å². The van der Waals surface area contributed by atoms with E-state index in [2.05, 4.69) is 104 Å². The number of aryl methyl sites for hydroxylation is 1. The van der Waals surface area contributed by atoms with Crippen molar-refractivity contribution < 1.29 is 0 Å². The highest BCUT2D eigenvalue weighted by Crippen LogP contribution is 2.55. The Kier molecular flexibility index (Phi) is 3.77. The van der Waals surface area contributed by atoms with Gasteiger partial charge in [-0.25, -0.2) is 0 Å². The van der Waals surface area contributed by atoms with Crippen molar-refractivity contribution in [2.75, 3.05) is 6.54 Å². The molecule has 3 aromatic carbocycles. The Morgan fingerprint density at radius 1 is 0.867 bits per heavy atom. The third-order valence-corrected chi connectivity index (χ3v) is 8.21. The Labute approximate surface area is 179 Å². The third-order valence-electron chi connectivity index (χ3n) is 8.21. The molecule has 0 saturated carbocycles. The van der Waals surface area contributed by atoms with Gasteiger partial charge in [-0.1, -0.05) is 36.4 Å². The number of nitrogens with zero attached hydrogens (tertiary/aromatic N) is 2. The lowest BCUT2D eigenvalue weighted by Gasteiger charge is -2.31. The van der Waals surface area contributed by atoms with E-state index in [4.69, 9.17) is 0 Å². The molecule has 2 nitrogen and oxygen atoms in total. The lowest BCUT2D eigenvalue weighted by atomic mass is 9.75. The molecule has 152 valence electrons. The lowest BCUT2D eigenvalue weighted by Crippen LogP contribution is -2.39. The van der Waals surface area contributed by atoms with Crippen LogP contribution in [-0.2, 0) is 0 Å². The number of hydrogen-bond donors (Lipinski definition) is 0. The van der Waals surface area contributed by atoms with Gasteiger partial charge in [0, 0.05) is 34.0 Å². The smallest absolute Gasteiger partial charge is 0.0543 e. The Morgan fingerprint density at radius 3 is 2.33 bits per heavy atom. The Morgan fingerprint density at radius 2 is 1.60 bits per heavy atom. The molecule has 2 heteroatoms. The van der Waals surface area contributed by atoms with Crippen LogP contribution in [0.2, 0.25) is 0 Å². The Hall–Kier alpha value is -2.58. The van der Waals surface area contributed by atoms with Gasteiger partial charge in [-0.2, -0.15) is 0 Å². The highest BCUT2D eigenvalue weighted by atomic mass is 15.3. The highest BCUT2D eigenvalue weighted by Gasteiger charge is 2.56. The molecule has 0 aliphatic carbocycles. The summed E-state index contributed by atoms with van der Waals surface area (Å²) in [5.41, 5.74) is 7.15. The van der Waals surface area contributed by atoms with E-state index in [1.807, 2.05) is 0 Å². The van der Waals surface area contributed by atoms with Crippen molar-refractivity contribution in [1.82, 2.24) is 9.47 Å². The minimum Gasteiger partial charge on any atom is -0.309 e. The monoisotopic (exact) mass is 394 g/mol. The van der Waals surface area contributed by atoms with Crippen molar-refractivity contribution in [1.29, 1.82) is 0 Å². The fourth-order valence-corrected chi connectivity index (χ4v) is 6.84. The molecular weight excluding hydrogens is 364 g/mol. The van der Waals surface area contributed by atoms with Crippen LogP contribution in [0.15, 0.2) is 66.7 Å². The van der Waals surface area contributed by atoms with E-state index in [1.165, 1.54) is 46.0 Å². The maximum absolute atomic E-state index is 2.75. The van der Waals surface area contributed by atoms with Crippen molar-refractivity contribution in [2.45, 2.75) is 51.6 Å². The van der Waals surface area contributed by atoms with Crippen LogP contribution < -0.4 is 0 Å². The lowest BCUT2D eigenvalue weighted by molar-refractivity contribution is 0.169. The summed E-state index contributed by atoms with van der Waals surface area (Å²) in [5, 5.41) is 2.74. The molecule has 0 N–H and O–H groups in total. The fourth-order valence-electron chi connectivity index (χ4n) is 6.84. The predicted octanol–water partition coefficient (Wildman–Crippen LogP) is 6.68. The summed E-state index contributed by atoms with van der Waals surface area (Å²) in [6.45, 7) is 10.9. The summed E-state index contributed by atoms with van der Waals surface area (Å²) in [4.78, 5) is 2.75. The molecule has 4 aromatic rings. The molecule has 3 heterocycles. The summed E-state index contributed by atoms with van der Waals surface area (Å²) in [6.07, 6.45) is 1.32. The van der Waals surface area contributed by atoms with Crippen LogP contribution in [0.25, 0.3) is 27.5 Å². The zero-order chi connectivity index (χ0) is 20.6. The van der Waals surface area contributed by atoms with Gasteiger partial charge in [-0.05, 0) is 88.0 Å². The van der Waals surface area contributed by atoms with E-state index in [-0.39, 0.29) is 0 Å². The Balaban J connectivity index is 1.62. The van der Waals surface area contributed by atoms with Gasteiger partial charge in [0.1, 0.15) is 0 Å². The first-order valence-electron chi connectivity index (χ1n) is 11.3. The molecule has 2 aliphatic rings. The molecule has 2 bridgehead atoms. The zero-order valence-corrected chi connectivity index (χ0v) is 18.4. The van der Waals surface area contributed by atoms with Gasteiger partial charge >= 0.3 is 0 Å². The van der Waals surface area contributed by atoms with E-state index in [1.54, 1.807) is 5.56 Å². The second kappa shape index (κ2) is 6.21. The standard InChI is InChI=1S/C28H30N2/c1-18-16-26-23(17-22(18)27-19(2)29-15-14-24(27)28(29,3)4)21-12-8-9-13-25(21)30(26)20-10-6-5-7-11-20/h5-13,16-17,19,24,27H,14-15H2,1-4H3. The average molecular weight is 395 g/mol. The molecule has 0 radical (unpaired) electrons. The van der Waals surface area contributed by atoms with Crippen LogP contribution >= 0.6 is 0 Å². The van der Waals surface area contributed by atoms with Crippen LogP contribution in [0.4, 0.5) is 0 Å². The summed E-state index contributed by atoms with van der Waals surface area (Å²) in [6, 6.07) is 25.2. The summed E-state index contributed by atoms with van der Waals surface area (Å²) in [7, 11) is 0. The van der Waals surface area contributed by atoms with E-state index < -0.39 is 0 Å². The Bertz CT molecular complexity index is 1260. The maximum atomic E-state index is 2.75. The van der Waals surface area contributed by atoms with Crippen molar-refractivity contribution in [3.63, 3.8) is 0 Å². The number of benzene rings is 3. The third kappa shape index (κ3) is 2.29. The maximum Gasteiger partial charge on any atom is 0.0543 e. The predicted molar refractivity (Wildman–Crippen MR) is 127 cm³/mol. The molecular formula is C28H30N2. The first-order chi connectivity index (χ1) is 14.5. The minimum absolute atomic E-state index is 0.309. The SMILES string of the molecule is Cc1cc2c(cc1C1C(C)N3CCC1C3(C)C)c1ccccc1n2-c1ccccc1. The average Bonchev–Trinajstić information content (AvgIpc) is 3.29. The highest BCUT2D eigenvalue weighted by molar-refractivity contribution is 6.09. The van der Waals surface area contributed by atoms with Gasteiger partial charge in [0.2, 0.25) is 0 Å². The second-order valence-electron chi connectivity index (χ2n) is 9.92. The quantitative estimate of drug-likeness (QED) is 0.368.